The monoisotopic (exact) mass is 471 g/mol. The van der Waals surface area contributed by atoms with E-state index in [2.05, 4.69) is 41.8 Å². The van der Waals surface area contributed by atoms with Crippen molar-refractivity contribution in [1.82, 2.24) is 10.6 Å². The standard InChI is InChI=1S/C28H29N3O4/c1-19-5-2-3-6-24(19)22-13-9-20(10-14-22)17-29-27(32)25-7-4-8-26(25)28(33)30-18-21-11-15-23(16-12-21)31(34)35/h2-3,5-6,9-16,25-26H,4,7-8,17-18H2,1H3,(H,29,32)(H,30,33)/t25?,26-/m1/s1. The number of non-ortho nitro benzene ring substituents is 1. The first-order chi connectivity index (χ1) is 16.9. The van der Waals surface area contributed by atoms with E-state index in [1.807, 2.05) is 24.3 Å². The van der Waals surface area contributed by atoms with Crippen LogP contribution in [0.25, 0.3) is 11.1 Å². The summed E-state index contributed by atoms with van der Waals surface area (Å²) in [7, 11) is 0. The highest BCUT2D eigenvalue weighted by Gasteiger charge is 2.37. The van der Waals surface area contributed by atoms with Gasteiger partial charge in [-0.05, 0) is 47.6 Å². The van der Waals surface area contributed by atoms with Crippen molar-refractivity contribution in [3.63, 3.8) is 0 Å². The van der Waals surface area contributed by atoms with Gasteiger partial charge in [0.15, 0.2) is 0 Å². The first-order valence-corrected chi connectivity index (χ1v) is 11.9. The number of aryl methyl sites for hydroxylation is 1. The fourth-order valence-electron chi connectivity index (χ4n) is 4.66. The molecule has 1 aliphatic carbocycles. The molecule has 2 amide bonds. The maximum Gasteiger partial charge on any atom is 0.269 e. The summed E-state index contributed by atoms with van der Waals surface area (Å²) >= 11 is 0. The molecule has 7 nitrogen and oxygen atoms in total. The van der Waals surface area contributed by atoms with Gasteiger partial charge in [-0.25, -0.2) is 0 Å². The third kappa shape index (κ3) is 5.93. The number of nitrogens with zero attached hydrogens (tertiary/aromatic N) is 1. The summed E-state index contributed by atoms with van der Waals surface area (Å²) in [5, 5.41) is 16.7. The van der Waals surface area contributed by atoms with Crippen LogP contribution in [0.1, 0.15) is 36.0 Å². The van der Waals surface area contributed by atoms with Crippen LogP contribution in [0.3, 0.4) is 0 Å². The molecule has 1 saturated carbocycles. The number of nitro benzene ring substituents is 1. The summed E-state index contributed by atoms with van der Waals surface area (Å²) in [6.07, 6.45) is 2.20. The van der Waals surface area contributed by atoms with Gasteiger partial charge in [-0.15, -0.1) is 0 Å². The van der Waals surface area contributed by atoms with E-state index >= 15 is 0 Å². The fourth-order valence-corrected chi connectivity index (χ4v) is 4.66. The lowest BCUT2D eigenvalue weighted by molar-refractivity contribution is -0.384. The third-order valence-electron chi connectivity index (χ3n) is 6.68. The quantitative estimate of drug-likeness (QED) is 0.360. The van der Waals surface area contributed by atoms with Crippen LogP contribution in [0.4, 0.5) is 5.69 Å². The molecule has 2 N–H and O–H groups in total. The predicted octanol–water partition coefficient (Wildman–Crippen LogP) is 4.92. The Balaban J connectivity index is 1.29. The van der Waals surface area contributed by atoms with Gasteiger partial charge >= 0.3 is 0 Å². The molecule has 35 heavy (non-hydrogen) atoms. The van der Waals surface area contributed by atoms with Crippen molar-refractivity contribution in [2.24, 2.45) is 11.8 Å². The average molecular weight is 472 g/mol. The maximum absolute atomic E-state index is 12.9. The van der Waals surface area contributed by atoms with Gasteiger partial charge in [0.25, 0.3) is 5.69 Å². The van der Waals surface area contributed by atoms with Crippen LogP contribution in [0.5, 0.6) is 0 Å². The summed E-state index contributed by atoms with van der Waals surface area (Å²) < 4.78 is 0. The number of carbonyl (C=O) groups is 2. The van der Waals surface area contributed by atoms with Crippen molar-refractivity contribution in [3.8, 4) is 11.1 Å². The molecule has 180 valence electrons. The Kier molecular flexibility index (Phi) is 7.55. The summed E-state index contributed by atoms with van der Waals surface area (Å²) in [6.45, 7) is 2.78. The van der Waals surface area contributed by atoms with E-state index in [4.69, 9.17) is 0 Å². The normalized spacial score (nSPS) is 17.1. The van der Waals surface area contributed by atoms with E-state index in [1.165, 1.54) is 23.3 Å². The fraction of sp³-hybridized carbons (Fsp3) is 0.286. The van der Waals surface area contributed by atoms with Crippen molar-refractivity contribution in [3.05, 3.63) is 99.6 Å². The molecule has 0 aliphatic heterocycles. The molecule has 0 heterocycles. The van der Waals surface area contributed by atoms with Crippen LogP contribution >= 0.6 is 0 Å². The maximum atomic E-state index is 12.9. The lowest BCUT2D eigenvalue weighted by Gasteiger charge is -2.19. The van der Waals surface area contributed by atoms with Crippen LogP contribution in [0.15, 0.2) is 72.8 Å². The minimum absolute atomic E-state index is 0.0115. The van der Waals surface area contributed by atoms with Crippen LogP contribution in [0, 0.1) is 28.9 Å². The largest absolute Gasteiger partial charge is 0.352 e. The van der Waals surface area contributed by atoms with Gasteiger partial charge in [0, 0.05) is 37.1 Å². The molecule has 4 rings (SSSR count). The molecule has 2 atom stereocenters. The Hall–Kier alpha value is -4.00. The number of benzene rings is 3. The molecule has 1 unspecified atom stereocenters. The first kappa shape index (κ1) is 24.1. The number of rotatable bonds is 8. The van der Waals surface area contributed by atoms with Gasteiger partial charge < -0.3 is 10.6 Å². The first-order valence-electron chi connectivity index (χ1n) is 11.9. The number of carbonyl (C=O) groups excluding carboxylic acids is 2. The van der Waals surface area contributed by atoms with Crippen LogP contribution < -0.4 is 10.6 Å². The Labute approximate surface area is 204 Å². The molecule has 3 aromatic carbocycles. The van der Waals surface area contributed by atoms with Gasteiger partial charge in [0.2, 0.25) is 11.8 Å². The number of nitro groups is 1. The van der Waals surface area contributed by atoms with E-state index in [-0.39, 0.29) is 35.9 Å². The Bertz CT molecular complexity index is 1210. The molecule has 0 spiro atoms. The van der Waals surface area contributed by atoms with Crippen molar-refractivity contribution in [2.75, 3.05) is 0 Å². The highest BCUT2D eigenvalue weighted by molar-refractivity contribution is 5.88. The molecular weight excluding hydrogens is 442 g/mol. The zero-order chi connectivity index (χ0) is 24.8. The van der Waals surface area contributed by atoms with E-state index < -0.39 is 4.92 Å². The second-order valence-corrected chi connectivity index (χ2v) is 9.01. The highest BCUT2D eigenvalue weighted by Crippen LogP contribution is 2.32. The van der Waals surface area contributed by atoms with Gasteiger partial charge in [-0.1, -0.05) is 67.1 Å². The molecule has 0 bridgehead atoms. The SMILES string of the molecule is Cc1ccccc1-c1ccc(CNC(=O)C2CCC[C@H]2C(=O)NCc2ccc([N+](=O)[O-])cc2)cc1. The molecule has 1 fully saturated rings. The average Bonchev–Trinajstić information content (AvgIpc) is 3.37. The summed E-state index contributed by atoms with van der Waals surface area (Å²) in [5.74, 6) is -0.959. The zero-order valence-electron chi connectivity index (χ0n) is 19.7. The lowest BCUT2D eigenvalue weighted by atomic mass is 9.94. The minimum Gasteiger partial charge on any atom is -0.352 e. The van der Waals surface area contributed by atoms with Gasteiger partial charge in [0.1, 0.15) is 0 Å². The van der Waals surface area contributed by atoms with Crippen molar-refractivity contribution in [1.29, 1.82) is 0 Å². The molecular formula is C28H29N3O4. The van der Waals surface area contributed by atoms with Crippen LogP contribution in [0.2, 0.25) is 0 Å². The van der Waals surface area contributed by atoms with Gasteiger partial charge in [0.05, 0.1) is 4.92 Å². The predicted molar refractivity (Wildman–Crippen MR) is 134 cm³/mol. The van der Waals surface area contributed by atoms with Crippen molar-refractivity contribution in [2.45, 2.75) is 39.3 Å². The zero-order valence-corrected chi connectivity index (χ0v) is 19.7. The summed E-state index contributed by atoms with van der Waals surface area (Å²) in [5.41, 5.74) is 5.34. The van der Waals surface area contributed by atoms with Gasteiger partial charge in [-0.2, -0.15) is 0 Å². The highest BCUT2D eigenvalue weighted by atomic mass is 16.6. The lowest BCUT2D eigenvalue weighted by Crippen LogP contribution is -2.39. The number of amides is 2. The summed E-state index contributed by atoms with van der Waals surface area (Å²) in [4.78, 5) is 36.0. The molecule has 1 aliphatic rings. The van der Waals surface area contributed by atoms with E-state index in [0.717, 1.165) is 23.1 Å². The number of hydrogen-bond acceptors (Lipinski definition) is 4. The third-order valence-corrected chi connectivity index (χ3v) is 6.68. The number of nitrogens with one attached hydrogen (secondary N) is 2. The smallest absolute Gasteiger partial charge is 0.269 e. The van der Waals surface area contributed by atoms with Crippen LogP contribution in [-0.4, -0.2) is 16.7 Å². The molecule has 0 saturated heterocycles. The second-order valence-electron chi connectivity index (χ2n) is 9.01. The van der Waals surface area contributed by atoms with E-state index in [1.54, 1.807) is 12.1 Å². The van der Waals surface area contributed by atoms with Crippen molar-refractivity contribution >= 4 is 17.5 Å². The topological polar surface area (TPSA) is 101 Å². The Morgan fingerprint density at radius 3 is 1.86 bits per heavy atom. The van der Waals surface area contributed by atoms with Crippen molar-refractivity contribution < 1.29 is 14.5 Å². The molecule has 0 radical (unpaired) electrons. The van der Waals surface area contributed by atoms with Gasteiger partial charge in [-0.3, -0.25) is 19.7 Å². The molecule has 0 aromatic heterocycles. The Morgan fingerprint density at radius 2 is 1.34 bits per heavy atom. The Morgan fingerprint density at radius 1 is 0.829 bits per heavy atom. The molecule has 3 aromatic rings. The molecule has 7 heteroatoms. The summed E-state index contributed by atoms with van der Waals surface area (Å²) in [6, 6.07) is 22.5. The second kappa shape index (κ2) is 11.0. The minimum atomic E-state index is -0.456. The van der Waals surface area contributed by atoms with Crippen LogP contribution in [-0.2, 0) is 22.7 Å². The number of hydrogen-bond donors (Lipinski definition) is 2. The van der Waals surface area contributed by atoms with E-state index in [0.29, 0.717) is 19.4 Å². The van der Waals surface area contributed by atoms with E-state index in [9.17, 15) is 19.7 Å².